The fourth-order valence-corrected chi connectivity index (χ4v) is 5.59. The SMILES string of the molecule is NC(=S)Nc1cccc(NC(=O)C23CC4CC(CC(C4)C2)C3)c1. The first-order chi connectivity index (χ1) is 11.0. The van der Waals surface area contributed by atoms with Gasteiger partial charge in [-0.2, -0.15) is 0 Å². The van der Waals surface area contributed by atoms with E-state index in [4.69, 9.17) is 18.0 Å². The van der Waals surface area contributed by atoms with E-state index in [0.29, 0.717) is 0 Å². The van der Waals surface area contributed by atoms with Crippen LogP contribution in [0, 0.1) is 23.2 Å². The summed E-state index contributed by atoms with van der Waals surface area (Å²) in [7, 11) is 0. The van der Waals surface area contributed by atoms with E-state index in [9.17, 15) is 4.79 Å². The van der Waals surface area contributed by atoms with Crippen molar-refractivity contribution in [3.63, 3.8) is 0 Å². The van der Waals surface area contributed by atoms with Gasteiger partial charge in [-0.15, -0.1) is 0 Å². The molecule has 0 radical (unpaired) electrons. The van der Waals surface area contributed by atoms with Gasteiger partial charge >= 0.3 is 0 Å². The molecule has 0 atom stereocenters. The number of anilines is 2. The van der Waals surface area contributed by atoms with E-state index in [1.165, 1.54) is 19.3 Å². The molecule has 4 N–H and O–H groups in total. The molecular formula is C18H23N3OS. The summed E-state index contributed by atoms with van der Waals surface area (Å²) < 4.78 is 0. The summed E-state index contributed by atoms with van der Waals surface area (Å²) in [5.74, 6) is 2.53. The second-order valence-corrected chi connectivity index (χ2v) is 8.16. The maximum atomic E-state index is 13.0. The normalized spacial score (nSPS) is 34.2. The molecule has 1 aromatic rings. The Bertz CT molecular complexity index is 622. The number of hydrogen-bond donors (Lipinski definition) is 3. The molecule has 0 heterocycles. The lowest BCUT2D eigenvalue weighted by atomic mass is 9.49. The van der Waals surface area contributed by atoms with Crippen molar-refractivity contribution in [3.8, 4) is 0 Å². The van der Waals surface area contributed by atoms with Gasteiger partial charge in [-0.05, 0) is 86.7 Å². The molecule has 0 aliphatic heterocycles. The van der Waals surface area contributed by atoms with Crippen molar-refractivity contribution >= 4 is 34.6 Å². The Morgan fingerprint density at radius 2 is 1.57 bits per heavy atom. The predicted octanol–water partition coefficient (Wildman–Crippen LogP) is 3.50. The second kappa shape index (κ2) is 5.48. The largest absolute Gasteiger partial charge is 0.376 e. The summed E-state index contributed by atoms with van der Waals surface area (Å²) in [6.45, 7) is 0. The second-order valence-electron chi connectivity index (χ2n) is 7.72. The number of hydrogen-bond acceptors (Lipinski definition) is 2. The van der Waals surface area contributed by atoms with Crippen molar-refractivity contribution in [1.29, 1.82) is 0 Å². The van der Waals surface area contributed by atoms with Crippen molar-refractivity contribution < 1.29 is 4.79 Å². The molecule has 5 rings (SSSR count). The zero-order valence-corrected chi connectivity index (χ0v) is 14.0. The van der Waals surface area contributed by atoms with Crippen molar-refractivity contribution in [3.05, 3.63) is 24.3 Å². The maximum absolute atomic E-state index is 13.0. The minimum absolute atomic E-state index is 0.124. The van der Waals surface area contributed by atoms with Gasteiger partial charge in [0.05, 0.1) is 5.41 Å². The third kappa shape index (κ3) is 2.82. The van der Waals surface area contributed by atoms with Gasteiger partial charge in [0.1, 0.15) is 0 Å². The fraction of sp³-hybridized carbons (Fsp3) is 0.556. The number of thiocarbonyl (C=S) groups is 1. The quantitative estimate of drug-likeness (QED) is 0.743. The number of amides is 1. The average molecular weight is 329 g/mol. The van der Waals surface area contributed by atoms with Crippen LogP contribution in [0.4, 0.5) is 11.4 Å². The third-order valence-corrected chi connectivity index (χ3v) is 6.01. The standard InChI is InChI=1S/C18H23N3OS/c19-17(23)21-15-3-1-2-14(7-15)20-16(22)18-8-11-4-12(9-18)6-13(5-11)10-18/h1-3,7,11-13H,4-6,8-10H2,(H,20,22)(H3,19,21,23). The van der Waals surface area contributed by atoms with Crippen LogP contribution >= 0.6 is 12.2 Å². The van der Waals surface area contributed by atoms with Crippen molar-refractivity contribution in [1.82, 2.24) is 0 Å². The molecule has 4 aliphatic carbocycles. The molecule has 23 heavy (non-hydrogen) atoms. The average Bonchev–Trinajstić information content (AvgIpc) is 2.45. The van der Waals surface area contributed by atoms with Gasteiger partial charge in [0, 0.05) is 11.4 Å². The molecule has 0 saturated heterocycles. The molecule has 122 valence electrons. The van der Waals surface area contributed by atoms with Crippen molar-refractivity contribution in [2.45, 2.75) is 38.5 Å². The number of nitrogens with two attached hydrogens (primary N) is 1. The lowest BCUT2D eigenvalue weighted by Gasteiger charge is -2.55. The Hall–Kier alpha value is -1.62. The number of rotatable bonds is 3. The molecule has 5 heteroatoms. The first-order valence-electron chi connectivity index (χ1n) is 8.50. The summed E-state index contributed by atoms with van der Waals surface area (Å²) in [6.07, 6.45) is 7.28. The Morgan fingerprint density at radius 3 is 2.09 bits per heavy atom. The Kier molecular flexibility index (Phi) is 3.56. The van der Waals surface area contributed by atoms with Gasteiger partial charge < -0.3 is 16.4 Å². The zero-order valence-electron chi connectivity index (χ0n) is 13.2. The van der Waals surface area contributed by atoms with E-state index in [1.807, 2.05) is 24.3 Å². The monoisotopic (exact) mass is 329 g/mol. The van der Waals surface area contributed by atoms with Gasteiger partial charge in [-0.3, -0.25) is 4.79 Å². The van der Waals surface area contributed by atoms with Crippen LogP contribution in [-0.2, 0) is 4.79 Å². The molecule has 4 saturated carbocycles. The molecule has 0 spiro atoms. The van der Waals surface area contributed by atoms with Crippen LogP contribution in [0.5, 0.6) is 0 Å². The first-order valence-corrected chi connectivity index (χ1v) is 8.91. The highest BCUT2D eigenvalue weighted by molar-refractivity contribution is 7.80. The molecule has 0 unspecified atom stereocenters. The van der Waals surface area contributed by atoms with Crippen LogP contribution in [0.25, 0.3) is 0 Å². The topological polar surface area (TPSA) is 67.2 Å². The Labute approximate surface area is 142 Å². The van der Waals surface area contributed by atoms with E-state index in [1.54, 1.807) is 0 Å². The highest BCUT2D eigenvalue weighted by Gasteiger charge is 2.54. The lowest BCUT2D eigenvalue weighted by molar-refractivity contribution is -0.140. The minimum Gasteiger partial charge on any atom is -0.376 e. The molecule has 4 fully saturated rings. The van der Waals surface area contributed by atoms with E-state index >= 15 is 0 Å². The van der Waals surface area contributed by atoms with E-state index in [2.05, 4.69) is 10.6 Å². The third-order valence-electron chi connectivity index (χ3n) is 5.91. The fourth-order valence-electron chi connectivity index (χ4n) is 5.47. The predicted molar refractivity (Wildman–Crippen MR) is 96.1 cm³/mol. The number of carbonyl (C=O) groups is 1. The summed E-state index contributed by atoms with van der Waals surface area (Å²) in [5.41, 5.74) is 7.01. The van der Waals surface area contributed by atoms with Crippen LogP contribution in [0.15, 0.2) is 24.3 Å². The van der Waals surface area contributed by atoms with E-state index in [0.717, 1.165) is 48.4 Å². The van der Waals surface area contributed by atoms with Crippen LogP contribution < -0.4 is 16.4 Å². The zero-order chi connectivity index (χ0) is 16.0. The molecule has 4 aliphatic rings. The number of benzene rings is 1. The Morgan fingerprint density at radius 1 is 1.04 bits per heavy atom. The molecule has 4 bridgehead atoms. The van der Waals surface area contributed by atoms with Gasteiger partial charge in [0.25, 0.3) is 0 Å². The maximum Gasteiger partial charge on any atom is 0.230 e. The highest BCUT2D eigenvalue weighted by Crippen LogP contribution is 2.60. The van der Waals surface area contributed by atoms with Gasteiger partial charge in [-0.1, -0.05) is 6.07 Å². The van der Waals surface area contributed by atoms with Crippen LogP contribution in [0.1, 0.15) is 38.5 Å². The first kappa shape index (κ1) is 14.9. The minimum atomic E-state index is -0.124. The van der Waals surface area contributed by atoms with E-state index in [-0.39, 0.29) is 16.4 Å². The number of nitrogens with one attached hydrogen (secondary N) is 2. The molecule has 1 amide bonds. The van der Waals surface area contributed by atoms with Crippen LogP contribution in [0.2, 0.25) is 0 Å². The van der Waals surface area contributed by atoms with E-state index < -0.39 is 0 Å². The van der Waals surface area contributed by atoms with Crippen LogP contribution in [0.3, 0.4) is 0 Å². The number of carbonyl (C=O) groups excluding carboxylic acids is 1. The van der Waals surface area contributed by atoms with Crippen molar-refractivity contribution in [2.24, 2.45) is 28.9 Å². The molecule has 0 aromatic heterocycles. The summed E-state index contributed by atoms with van der Waals surface area (Å²) >= 11 is 4.87. The highest BCUT2D eigenvalue weighted by atomic mass is 32.1. The van der Waals surface area contributed by atoms with Crippen LogP contribution in [-0.4, -0.2) is 11.0 Å². The van der Waals surface area contributed by atoms with Gasteiger partial charge in [0.2, 0.25) is 5.91 Å². The van der Waals surface area contributed by atoms with Crippen molar-refractivity contribution in [2.75, 3.05) is 10.6 Å². The Balaban J connectivity index is 1.51. The molecular weight excluding hydrogens is 306 g/mol. The molecule has 1 aromatic carbocycles. The van der Waals surface area contributed by atoms with Gasteiger partial charge in [0.15, 0.2) is 5.11 Å². The summed E-state index contributed by atoms with van der Waals surface area (Å²) in [6, 6.07) is 7.59. The molecule has 4 nitrogen and oxygen atoms in total. The summed E-state index contributed by atoms with van der Waals surface area (Å²) in [4.78, 5) is 13.0. The van der Waals surface area contributed by atoms with Gasteiger partial charge in [-0.25, -0.2) is 0 Å². The summed E-state index contributed by atoms with van der Waals surface area (Å²) in [5, 5.41) is 6.29. The lowest BCUT2D eigenvalue weighted by Crippen LogP contribution is -2.51. The smallest absolute Gasteiger partial charge is 0.230 e.